The second-order valence-electron chi connectivity index (χ2n) is 5.43. The van der Waals surface area contributed by atoms with Gasteiger partial charge in [0.25, 0.3) is 0 Å². The Morgan fingerprint density at radius 3 is 2.90 bits per heavy atom. The number of piperazine rings is 1. The van der Waals surface area contributed by atoms with E-state index in [1.807, 2.05) is 23.1 Å². The molecule has 2 heterocycles. The summed E-state index contributed by atoms with van der Waals surface area (Å²) in [7, 11) is 0. The summed E-state index contributed by atoms with van der Waals surface area (Å²) < 4.78 is 10.6. The van der Waals surface area contributed by atoms with Crippen LogP contribution in [0.1, 0.15) is 19.4 Å². The number of nitrogens with one attached hydrogen (secondary N) is 1. The lowest BCUT2D eigenvalue weighted by molar-refractivity contribution is -0.134. The molecule has 1 amide bonds. The maximum atomic E-state index is 12.4. The molecule has 6 heteroatoms. The molecule has 1 N–H and O–H groups in total. The molecule has 1 aromatic rings. The van der Waals surface area contributed by atoms with Gasteiger partial charge in [-0.1, -0.05) is 6.07 Å². The predicted molar refractivity (Wildman–Crippen MR) is 82.2 cm³/mol. The molecule has 2 atom stereocenters. The van der Waals surface area contributed by atoms with Gasteiger partial charge in [-0.25, -0.2) is 0 Å². The smallest absolute Gasteiger partial charge is 0.231 e. The molecule has 2 aliphatic rings. The molecule has 21 heavy (non-hydrogen) atoms. The highest BCUT2D eigenvalue weighted by atomic mass is 35.5. The Balaban J connectivity index is 0.00000161. The molecule has 0 saturated carbocycles. The number of ether oxygens (including phenoxy) is 2. The second kappa shape index (κ2) is 6.54. The standard InChI is InChI=1S/C15H20N2O3.ClH/c1-10-11(2)17(6-5-16-10)15(18)8-12-3-4-13-14(7-12)20-9-19-13;/h3-4,7,10-11,16H,5-6,8-9H2,1-2H3;1H. The van der Waals surface area contributed by atoms with Crippen molar-refractivity contribution >= 4 is 18.3 Å². The minimum atomic E-state index is 0. The number of nitrogens with zero attached hydrogens (tertiary/aromatic N) is 1. The Labute approximate surface area is 131 Å². The number of hydrogen-bond acceptors (Lipinski definition) is 4. The van der Waals surface area contributed by atoms with Gasteiger partial charge in [-0.05, 0) is 31.5 Å². The topological polar surface area (TPSA) is 50.8 Å². The van der Waals surface area contributed by atoms with Gasteiger partial charge in [0.1, 0.15) is 0 Å². The fourth-order valence-electron chi connectivity index (χ4n) is 2.74. The van der Waals surface area contributed by atoms with Gasteiger partial charge in [0.05, 0.1) is 6.42 Å². The van der Waals surface area contributed by atoms with Crippen molar-refractivity contribution in [3.05, 3.63) is 23.8 Å². The van der Waals surface area contributed by atoms with E-state index >= 15 is 0 Å². The van der Waals surface area contributed by atoms with Crippen molar-refractivity contribution in [2.75, 3.05) is 19.9 Å². The lowest BCUT2D eigenvalue weighted by Crippen LogP contribution is -2.57. The summed E-state index contributed by atoms with van der Waals surface area (Å²) in [6.45, 7) is 6.10. The average molecular weight is 313 g/mol. The van der Waals surface area contributed by atoms with E-state index in [4.69, 9.17) is 9.47 Å². The zero-order chi connectivity index (χ0) is 14.1. The largest absolute Gasteiger partial charge is 0.454 e. The molecule has 2 aliphatic heterocycles. The van der Waals surface area contributed by atoms with Gasteiger partial charge < -0.3 is 19.7 Å². The van der Waals surface area contributed by atoms with Gasteiger partial charge in [-0.2, -0.15) is 0 Å². The summed E-state index contributed by atoms with van der Waals surface area (Å²) in [4.78, 5) is 14.4. The van der Waals surface area contributed by atoms with Crippen molar-refractivity contribution in [2.24, 2.45) is 0 Å². The van der Waals surface area contributed by atoms with Gasteiger partial charge in [0.2, 0.25) is 12.7 Å². The van der Waals surface area contributed by atoms with Crippen LogP contribution in [0.15, 0.2) is 18.2 Å². The van der Waals surface area contributed by atoms with E-state index in [1.165, 1.54) is 0 Å². The number of carbonyl (C=O) groups is 1. The van der Waals surface area contributed by atoms with Crippen LogP contribution >= 0.6 is 12.4 Å². The van der Waals surface area contributed by atoms with E-state index in [0.29, 0.717) is 12.5 Å². The average Bonchev–Trinajstić information content (AvgIpc) is 2.89. The quantitative estimate of drug-likeness (QED) is 0.901. The number of fused-ring (bicyclic) bond motifs is 1. The fourth-order valence-corrected chi connectivity index (χ4v) is 2.74. The fraction of sp³-hybridized carbons (Fsp3) is 0.533. The Bertz CT molecular complexity index is 524. The summed E-state index contributed by atoms with van der Waals surface area (Å²) in [6.07, 6.45) is 0.410. The molecular formula is C15H21ClN2O3. The van der Waals surface area contributed by atoms with E-state index in [0.717, 1.165) is 30.2 Å². The molecule has 0 spiro atoms. The van der Waals surface area contributed by atoms with Crippen molar-refractivity contribution in [1.82, 2.24) is 10.2 Å². The number of amides is 1. The highest BCUT2D eigenvalue weighted by Crippen LogP contribution is 2.32. The van der Waals surface area contributed by atoms with Crippen LogP contribution < -0.4 is 14.8 Å². The van der Waals surface area contributed by atoms with Crippen molar-refractivity contribution in [2.45, 2.75) is 32.4 Å². The highest BCUT2D eigenvalue weighted by molar-refractivity contribution is 5.85. The van der Waals surface area contributed by atoms with E-state index in [9.17, 15) is 4.79 Å². The molecule has 0 bridgehead atoms. The molecular weight excluding hydrogens is 292 g/mol. The number of halogens is 1. The van der Waals surface area contributed by atoms with E-state index in [-0.39, 0.29) is 31.1 Å². The number of rotatable bonds is 2. The first-order valence-electron chi connectivity index (χ1n) is 7.06. The minimum absolute atomic E-state index is 0. The monoisotopic (exact) mass is 312 g/mol. The molecule has 0 radical (unpaired) electrons. The maximum Gasteiger partial charge on any atom is 0.231 e. The van der Waals surface area contributed by atoms with Crippen LogP contribution in [0.2, 0.25) is 0 Å². The predicted octanol–water partition coefficient (Wildman–Crippen LogP) is 1.59. The van der Waals surface area contributed by atoms with Crippen LogP contribution in [0.4, 0.5) is 0 Å². The first kappa shape index (κ1) is 15.9. The Hall–Kier alpha value is -1.46. The molecule has 5 nitrogen and oxygen atoms in total. The molecule has 1 saturated heterocycles. The van der Waals surface area contributed by atoms with Crippen LogP contribution in [-0.4, -0.2) is 42.8 Å². The summed E-state index contributed by atoms with van der Waals surface area (Å²) in [6, 6.07) is 6.27. The first-order chi connectivity index (χ1) is 9.65. The highest BCUT2D eigenvalue weighted by Gasteiger charge is 2.28. The summed E-state index contributed by atoms with van der Waals surface area (Å²) in [5.74, 6) is 1.66. The van der Waals surface area contributed by atoms with Gasteiger partial charge in [0.15, 0.2) is 11.5 Å². The Morgan fingerprint density at radius 1 is 1.33 bits per heavy atom. The zero-order valence-electron chi connectivity index (χ0n) is 12.3. The number of benzene rings is 1. The molecule has 3 rings (SSSR count). The van der Waals surface area contributed by atoms with E-state index in [2.05, 4.69) is 19.2 Å². The van der Waals surface area contributed by atoms with Crippen molar-refractivity contribution in [3.63, 3.8) is 0 Å². The third-order valence-electron chi connectivity index (χ3n) is 4.15. The third kappa shape index (κ3) is 3.24. The SMILES string of the molecule is CC1NCCN(C(=O)Cc2ccc3c(c2)OCO3)C1C.Cl. The third-order valence-corrected chi connectivity index (χ3v) is 4.15. The summed E-state index contributed by atoms with van der Waals surface area (Å²) in [5.41, 5.74) is 0.970. The zero-order valence-corrected chi connectivity index (χ0v) is 13.1. The molecule has 116 valence electrons. The Kier molecular flexibility index (Phi) is 4.96. The van der Waals surface area contributed by atoms with Gasteiger partial charge >= 0.3 is 0 Å². The van der Waals surface area contributed by atoms with Crippen LogP contribution in [-0.2, 0) is 11.2 Å². The molecule has 1 fully saturated rings. The lowest BCUT2D eigenvalue weighted by Gasteiger charge is -2.38. The normalized spacial score (nSPS) is 23.6. The maximum absolute atomic E-state index is 12.4. The van der Waals surface area contributed by atoms with Gasteiger partial charge in [-0.3, -0.25) is 4.79 Å². The summed E-state index contributed by atoms with van der Waals surface area (Å²) in [5, 5.41) is 3.38. The van der Waals surface area contributed by atoms with Crippen LogP contribution in [0.25, 0.3) is 0 Å². The summed E-state index contributed by atoms with van der Waals surface area (Å²) >= 11 is 0. The van der Waals surface area contributed by atoms with E-state index in [1.54, 1.807) is 0 Å². The van der Waals surface area contributed by atoms with Crippen LogP contribution in [0.5, 0.6) is 11.5 Å². The Morgan fingerprint density at radius 2 is 2.10 bits per heavy atom. The lowest BCUT2D eigenvalue weighted by atomic mass is 10.0. The molecule has 1 aromatic carbocycles. The first-order valence-corrected chi connectivity index (χ1v) is 7.06. The second-order valence-corrected chi connectivity index (χ2v) is 5.43. The van der Waals surface area contributed by atoms with Gasteiger partial charge in [-0.15, -0.1) is 12.4 Å². The van der Waals surface area contributed by atoms with Crippen molar-refractivity contribution < 1.29 is 14.3 Å². The molecule has 0 aliphatic carbocycles. The van der Waals surface area contributed by atoms with Crippen LogP contribution in [0, 0.1) is 0 Å². The number of hydrogen-bond donors (Lipinski definition) is 1. The number of carbonyl (C=O) groups excluding carboxylic acids is 1. The van der Waals surface area contributed by atoms with Crippen molar-refractivity contribution in [1.29, 1.82) is 0 Å². The van der Waals surface area contributed by atoms with Gasteiger partial charge in [0, 0.05) is 25.2 Å². The molecule has 2 unspecified atom stereocenters. The molecule has 0 aromatic heterocycles. The minimum Gasteiger partial charge on any atom is -0.454 e. The van der Waals surface area contributed by atoms with Crippen LogP contribution in [0.3, 0.4) is 0 Å². The van der Waals surface area contributed by atoms with E-state index < -0.39 is 0 Å². The van der Waals surface area contributed by atoms with Crippen molar-refractivity contribution in [3.8, 4) is 11.5 Å².